The smallest absolute Gasteiger partial charge is 0.275 e. The fraction of sp³-hybridized carbons (Fsp3) is 0.185. The summed E-state index contributed by atoms with van der Waals surface area (Å²) in [4.78, 5) is 31.8. The monoisotopic (exact) mass is 489 g/mol. The Kier molecular flexibility index (Phi) is 5.08. The molecule has 0 N–H and O–H groups in total. The van der Waals surface area contributed by atoms with Gasteiger partial charge in [0.1, 0.15) is 23.6 Å². The van der Waals surface area contributed by atoms with Crippen molar-refractivity contribution in [1.29, 1.82) is 0 Å². The van der Waals surface area contributed by atoms with E-state index in [9.17, 15) is 14.0 Å². The third kappa shape index (κ3) is 4.31. The molecule has 8 nitrogen and oxygen atoms in total. The fourth-order valence-corrected chi connectivity index (χ4v) is 3.99. The molecule has 182 valence electrons. The molecule has 0 fully saturated rings. The number of halogens is 1. The first-order valence-electron chi connectivity index (χ1n) is 12.7. The van der Waals surface area contributed by atoms with E-state index in [4.69, 9.17) is 13.3 Å². The minimum Gasteiger partial charge on any atom is -0.494 e. The second-order valence-corrected chi connectivity index (χ2v) is 8.08. The third-order valence-corrected chi connectivity index (χ3v) is 5.61. The Morgan fingerprint density at radius 2 is 2.03 bits per heavy atom. The predicted octanol–water partition coefficient (Wildman–Crippen LogP) is 4.71. The van der Waals surface area contributed by atoms with Gasteiger partial charge >= 0.3 is 0 Å². The molecular formula is C27H23FN4O4. The third-order valence-electron chi connectivity index (χ3n) is 5.61. The molecule has 0 radical (unpaired) electrons. The quantitative estimate of drug-likeness (QED) is 0.343. The molecule has 5 rings (SSSR count). The molecule has 36 heavy (non-hydrogen) atoms. The molecule has 5 aromatic rings. The minimum absolute atomic E-state index is 0.0430. The number of rotatable bonds is 6. The average molecular weight is 490 g/mol. The van der Waals surface area contributed by atoms with Crippen molar-refractivity contribution in [2.75, 3.05) is 18.5 Å². The zero-order chi connectivity index (χ0) is 27.9. The Morgan fingerprint density at radius 3 is 2.81 bits per heavy atom. The van der Waals surface area contributed by atoms with Crippen LogP contribution in [0, 0.1) is 12.7 Å². The van der Waals surface area contributed by atoms with Crippen LogP contribution in [0.25, 0.3) is 33.1 Å². The lowest BCUT2D eigenvalue weighted by molar-refractivity contribution is -0.119. The number of carbonyl (C=O) groups excluding carboxylic acids is 1. The zero-order valence-electron chi connectivity index (χ0n) is 22.5. The lowest BCUT2D eigenvalue weighted by Gasteiger charge is -2.18. The number of benzene rings is 3. The zero-order valence-corrected chi connectivity index (χ0v) is 19.5. The Bertz CT molecular complexity index is 1780. The number of fused-ring (bicyclic) bond motifs is 2. The average Bonchev–Trinajstić information content (AvgIpc) is 3.24. The van der Waals surface area contributed by atoms with Gasteiger partial charge in [-0.3, -0.25) is 9.59 Å². The number of hydrogen-bond donors (Lipinski definition) is 0. The van der Waals surface area contributed by atoms with E-state index in [1.807, 2.05) is 0 Å². The van der Waals surface area contributed by atoms with Gasteiger partial charge in [-0.1, -0.05) is 12.1 Å². The molecule has 0 bridgehead atoms. The maximum Gasteiger partial charge on any atom is 0.275 e. The summed E-state index contributed by atoms with van der Waals surface area (Å²) in [5, 5.41) is 4.99. The van der Waals surface area contributed by atoms with Gasteiger partial charge < -0.3 is 14.1 Å². The molecule has 2 heterocycles. The number of amides is 1. The van der Waals surface area contributed by atoms with Crippen molar-refractivity contribution in [3.8, 4) is 17.0 Å². The molecule has 3 aromatic carbocycles. The Labute approximate surface area is 209 Å². The summed E-state index contributed by atoms with van der Waals surface area (Å²) in [6, 6.07) is 14.9. The van der Waals surface area contributed by atoms with E-state index in [-0.39, 0.29) is 16.8 Å². The lowest BCUT2D eigenvalue weighted by atomic mass is 10.0. The van der Waals surface area contributed by atoms with Crippen molar-refractivity contribution in [2.24, 2.45) is 0 Å². The van der Waals surface area contributed by atoms with E-state index in [0.29, 0.717) is 45.2 Å². The van der Waals surface area contributed by atoms with Crippen molar-refractivity contribution in [3.63, 3.8) is 0 Å². The van der Waals surface area contributed by atoms with Crippen LogP contribution in [0.5, 0.6) is 5.75 Å². The van der Waals surface area contributed by atoms with Crippen molar-refractivity contribution < 1.29 is 22.5 Å². The molecule has 0 aliphatic carbocycles. The van der Waals surface area contributed by atoms with Crippen molar-refractivity contribution >= 4 is 33.5 Å². The summed E-state index contributed by atoms with van der Waals surface area (Å²) in [6.07, 6.45) is 0. The van der Waals surface area contributed by atoms with Crippen LogP contribution in [-0.2, 0) is 11.3 Å². The Balaban J connectivity index is 1.63. The highest BCUT2D eigenvalue weighted by Crippen LogP contribution is 2.28. The number of ether oxygens (including phenoxy) is 1. The highest BCUT2D eigenvalue weighted by molar-refractivity contribution is 5.96. The first-order chi connectivity index (χ1) is 18.5. The number of hydrogen-bond acceptors (Lipinski definition) is 6. The molecule has 1 amide bonds. The van der Waals surface area contributed by atoms with Gasteiger partial charge in [0.15, 0.2) is 11.5 Å². The highest BCUT2D eigenvalue weighted by Gasteiger charge is 2.19. The van der Waals surface area contributed by atoms with Gasteiger partial charge in [0, 0.05) is 40.7 Å². The van der Waals surface area contributed by atoms with Crippen LogP contribution < -0.4 is 15.2 Å². The molecule has 0 unspecified atom stereocenters. The van der Waals surface area contributed by atoms with E-state index in [0.717, 1.165) is 4.68 Å². The molecule has 0 atom stereocenters. The summed E-state index contributed by atoms with van der Waals surface area (Å²) < 4.78 is 50.1. The van der Waals surface area contributed by atoms with Crippen LogP contribution in [0.1, 0.15) is 16.9 Å². The second-order valence-electron chi connectivity index (χ2n) is 8.08. The van der Waals surface area contributed by atoms with Gasteiger partial charge in [-0.25, -0.2) is 14.1 Å². The van der Waals surface area contributed by atoms with E-state index >= 15 is 0 Å². The van der Waals surface area contributed by atoms with E-state index < -0.39 is 30.8 Å². The number of nitrogens with zero attached hydrogens (tertiary/aromatic N) is 4. The maximum absolute atomic E-state index is 14.1. The second kappa shape index (κ2) is 9.26. The summed E-state index contributed by atoms with van der Waals surface area (Å²) >= 11 is 0. The summed E-state index contributed by atoms with van der Waals surface area (Å²) in [5.41, 5.74) is 0.854. The molecular weight excluding hydrogens is 463 g/mol. The molecule has 0 saturated heterocycles. The molecule has 9 heteroatoms. The predicted molar refractivity (Wildman–Crippen MR) is 135 cm³/mol. The van der Waals surface area contributed by atoms with Crippen molar-refractivity contribution in [2.45, 2.75) is 20.4 Å². The molecule has 2 aromatic heterocycles. The normalized spacial score (nSPS) is 12.8. The molecule has 0 saturated carbocycles. The fourth-order valence-electron chi connectivity index (χ4n) is 3.99. The number of aromatic nitrogens is 3. The number of anilines is 1. The van der Waals surface area contributed by atoms with Crippen LogP contribution in [-0.4, -0.2) is 34.3 Å². The molecule has 0 aliphatic heterocycles. The van der Waals surface area contributed by atoms with Gasteiger partial charge in [-0.15, -0.1) is 0 Å². The van der Waals surface area contributed by atoms with Gasteiger partial charge in [-0.05, 0) is 49.4 Å². The van der Waals surface area contributed by atoms with Gasteiger partial charge in [0.25, 0.3) is 5.56 Å². The van der Waals surface area contributed by atoms with Crippen LogP contribution in [0.4, 0.5) is 10.1 Å². The van der Waals surface area contributed by atoms with Gasteiger partial charge in [-0.2, -0.15) is 5.10 Å². The number of carbonyl (C=O) groups is 1. The molecule has 0 spiro atoms. The summed E-state index contributed by atoms with van der Waals surface area (Å²) in [6.45, 7) is 0.238. The summed E-state index contributed by atoms with van der Waals surface area (Å²) in [5.74, 6) is -0.604. The maximum atomic E-state index is 14.1. The first-order valence-corrected chi connectivity index (χ1v) is 11.2. The standard InChI is InChI=1S/C27H23FN4O4/c1-4-35-20-9-10-21-22(14-20)27(34)32(30-26(21)17-6-5-7-18(28)12-17)15-25(33)31(3)19-8-11-23-24(13-19)36-16(2)29-23/h5-14H,4,15H2,1-3H3/i3D3. The largest absolute Gasteiger partial charge is 0.494 e. The lowest BCUT2D eigenvalue weighted by Crippen LogP contribution is -2.35. The van der Waals surface area contributed by atoms with Crippen molar-refractivity contribution in [3.05, 3.63) is 82.7 Å². The van der Waals surface area contributed by atoms with Crippen molar-refractivity contribution in [1.82, 2.24) is 14.8 Å². The topological polar surface area (TPSA) is 90.5 Å². The van der Waals surface area contributed by atoms with Crippen LogP contribution in [0.2, 0.25) is 0 Å². The van der Waals surface area contributed by atoms with Gasteiger partial charge in [0.2, 0.25) is 5.91 Å². The van der Waals surface area contributed by atoms with Gasteiger partial charge in [0.05, 0.1) is 17.7 Å². The van der Waals surface area contributed by atoms with Crippen LogP contribution >= 0.6 is 0 Å². The minimum atomic E-state index is -2.88. The SMILES string of the molecule is [2H]C([2H])([2H])N(C(=O)Cn1nc(-c2cccc(F)c2)c2ccc(OCC)cc2c1=O)c1ccc2nc(C)oc2c1. The summed E-state index contributed by atoms with van der Waals surface area (Å²) in [7, 11) is 0. The Hall–Kier alpha value is -4.53. The Morgan fingerprint density at radius 1 is 1.17 bits per heavy atom. The highest BCUT2D eigenvalue weighted by atomic mass is 19.1. The molecule has 0 aliphatic rings. The van der Waals surface area contributed by atoms with Crippen LogP contribution in [0.3, 0.4) is 0 Å². The van der Waals surface area contributed by atoms with E-state index in [2.05, 4.69) is 10.1 Å². The first kappa shape index (κ1) is 19.7. The number of aryl methyl sites for hydroxylation is 1. The van der Waals surface area contributed by atoms with E-state index in [1.54, 1.807) is 38.1 Å². The van der Waals surface area contributed by atoms with E-state index in [1.165, 1.54) is 36.4 Å². The number of likely N-dealkylation sites (N-methyl/N-ethyl adjacent to an activating group) is 1. The number of oxazole rings is 1. The van der Waals surface area contributed by atoms with Crippen LogP contribution in [0.15, 0.2) is 69.9 Å².